The van der Waals surface area contributed by atoms with Crippen LogP contribution in [-0.2, 0) is 11.3 Å². The fraction of sp³-hybridized carbons (Fsp3) is 0.320. The highest BCUT2D eigenvalue weighted by Crippen LogP contribution is 2.32. The molecule has 1 fully saturated rings. The molecule has 1 aliphatic rings. The Morgan fingerprint density at radius 1 is 1.22 bits per heavy atom. The minimum atomic E-state index is -1.11. The van der Waals surface area contributed by atoms with Gasteiger partial charge in [-0.1, -0.05) is 42.0 Å². The van der Waals surface area contributed by atoms with E-state index in [0.29, 0.717) is 12.1 Å². The largest absolute Gasteiger partial charge is 0.391 e. The molecule has 7 heteroatoms. The summed E-state index contributed by atoms with van der Waals surface area (Å²) in [6.45, 7) is 6.12. The quantitative estimate of drug-likeness (QED) is 0.622. The molecule has 32 heavy (non-hydrogen) atoms. The van der Waals surface area contributed by atoms with Crippen LogP contribution in [0.15, 0.2) is 54.0 Å². The summed E-state index contributed by atoms with van der Waals surface area (Å²) in [6.07, 6.45) is -0.526. The van der Waals surface area contributed by atoms with Gasteiger partial charge in [-0.2, -0.15) is 0 Å². The molecule has 1 aromatic heterocycles. The van der Waals surface area contributed by atoms with E-state index in [1.807, 2.05) is 55.8 Å². The maximum Gasteiger partial charge on any atom is 0.254 e. The Hall–Kier alpha value is -3.03. The maximum atomic E-state index is 13.2. The Kier molecular flexibility index (Phi) is 6.13. The third-order valence-corrected chi connectivity index (χ3v) is 7.01. The highest BCUT2D eigenvalue weighted by atomic mass is 32.1. The lowest BCUT2D eigenvalue weighted by molar-refractivity contribution is -0.130. The molecule has 166 valence electrons. The van der Waals surface area contributed by atoms with E-state index < -0.39 is 11.6 Å². The van der Waals surface area contributed by atoms with Gasteiger partial charge in [-0.3, -0.25) is 9.59 Å². The van der Waals surface area contributed by atoms with Gasteiger partial charge in [-0.15, -0.1) is 11.3 Å². The van der Waals surface area contributed by atoms with Gasteiger partial charge in [0.25, 0.3) is 5.91 Å². The van der Waals surface area contributed by atoms with Gasteiger partial charge in [0.05, 0.1) is 22.2 Å². The summed E-state index contributed by atoms with van der Waals surface area (Å²) in [5, 5.41) is 13.2. The van der Waals surface area contributed by atoms with Crippen molar-refractivity contribution >= 4 is 23.2 Å². The van der Waals surface area contributed by atoms with Crippen LogP contribution in [0.4, 0.5) is 0 Å². The zero-order valence-electron chi connectivity index (χ0n) is 18.5. The number of nitrogens with one attached hydrogen (secondary N) is 1. The third-order valence-electron chi connectivity index (χ3n) is 6.04. The molecule has 3 aromatic rings. The fourth-order valence-electron chi connectivity index (χ4n) is 4.23. The lowest BCUT2D eigenvalue weighted by Crippen LogP contribution is -2.55. The van der Waals surface area contributed by atoms with E-state index >= 15 is 0 Å². The summed E-state index contributed by atoms with van der Waals surface area (Å²) in [7, 11) is 0. The van der Waals surface area contributed by atoms with Gasteiger partial charge in [-0.05, 0) is 44.0 Å². The summed E-state index contributed by atoms with van der Waals surface area (Å²) in [5.41, 5.74) is 5.27. The normalized spacial score (nSPS) is 20.4. The number of thiazole rings is 1. The Labute approximate surface area is 191 Å². The van der Waals surface area contributed by atoms with Gasteiger partial charge in [0.1, 0.15) is 5.54 Å². The first kappa shape index (κ1) is 22.2. The zero-order valence-corrected chi connectivity index (χ0v) is 19.3. The number of nitrogens with zero attached hydrogens (tertiary/aromatic N) is 2. The van der Waals surface area contributed by atoms with E-state index in [0.717, 1.165) is 27.3 Å². The minimum Gasteiger partial charge on any atom is -0.391 e. The molecule has 0 aliphatic carbocycles. The van der Waals surface area contributed by atoms with Gasteiger partial charge in [0.2, 0.25) is 5.91 Å². The Morgan fingerprint density at radius 2 is 1.97 bits per heavy atom. The summed E-state index contributed by atoms with van der Waals surface area (Å²) >= 11 is 1.60. The van der Waals surface area contributed by atoms with Crippen LogP contribution >= 0.6 is 11.3 Å². The van der Waals surface area contributed by atoms with Crippen molar-refractivity contribution in [3.63, 3.8) is 0 Å². The number of carbonyl (C=O) groups excluding carboxylic acids is 2. The SMILES string of the molecule is Cc1cccc(C(=O)N2C[C@H](O)CC2(C)C(=O)NCc2ccc(-c3scnc3C)cc2)c1. The van der Waals surface area contributed by atoms with E-state index in [4.69, 9.17) is 0 Å². The first-order valence-electron chi connectivity index (χ1n) is 10.6. The second-order valence-corrected chi connectivity index (χ2v) is 9.42. The van der Waals surface area contributed by atoms with Crippen LogP contribution in [0.25, 0.3) is 10.4 Å². The molecule has 1 unspecified atom stereocenters. The third kappa shape index (κ3) is 4.31. The topological polar surface area (TPSA) is 82.5 Å². The van der Waals surface area contributed by atoms with Gasteiger partial charge < -0.3 is 15.3 Å². The lowest BCUT2D eigenvalue weighted by atomic mass is 9.95. The van der Waals surface area contributed by atoms with Crippen molar-refractivity contribution in [3.8, 4) is 10.4 Å². The Morgan fingerprint density at radius 3 is 2.62 bits per heavy atom. The van der Waals surface area contributed by atoms with Gasteiger partial charge in [-0.25, -0.2) is 4.98 Å². The molecule has 0 radical (unpaired) electrons. The van der Waals surface area contributed by atoms with Crippen molar-refractivity contribution in [1.82, 2.24) is 15.2 Å². The van der Waals surface area contributed by atoms with Crippen LogP contribution < -0.4 is 5.32 Å². The predicted molar refractivity (Wildman–Crippen MR) is 125 cm³/mol. The predicted octanol–water partition coefficient (Wildman–Crippen LogP) is 3.71. The van der Waals surface area contributed by atoms with Crippen LogP contribution in [0, 0.1) is 13.8 Å². The van der Waals surface area contributed by atoms with Crippen molar-refractivity contribution in [1.29, 1.82) is 0 Å². The summed E-state index contributed by atoms with van der Waals surface area (Å²) < 4.78 is 0. The molecule has 2 heterocycles. The number of rotatable bonds is 5. The number of aliphatic hydroxyl groups is 1. The zero-order chi connectivity index (χ0) is 22.9. The molecule has 2 N–H and O–H groups in total. The van der Waals surface area contributed by atoms with Gasteiger partial charge in [0.15, 0.2) is 0 Å². The number of amides is 2. The summed E-state index contributed by atoms with van der Waals surface area (Å²) in [4.78, 5) is 33.2. The first-order valence-corrected chi connectivity index (χ1v) is 11.5. The number of carbonyl (C=O) groups is 2. The molecule has 0 bridgehead atoms. The molecular weight excluding hydrogens is 422 g/mol. The van der Waals surface area contributed by atoms with Crippen LogP contribution in [0.1, 0.15) is 40.5 Å². The number of β-amino-alcohol motifs (C(OH)–C–C–N with tert-alkyl or cyclic N) is 1. The van der Waals surface area contributed by atoms with E-state index in [9.17, 15) is 14.7 Å². The second kappa shape index (κ2) is 8.84. The molecular formula is C25H27N3O3S. The number of benzene rings is 2. The number of hydrogen-bond donors (Lipinski definition) is 2. The first-order chi connectivity index (χ1) is 15.3. The maximum absolute atomic E-state index is 13.2. The van der Waals surface area contributed by atoms with Gasteiger partial charge in [0, 0.05) is 25.1 Å². The van der Waals surface area contributed by atoms with Crippen LogP contribution in [0.3, 0.4) is 0 Å². The van der Waals surface area contributed by atoms with E-state index in [1.165, 1.54) is 4.90 Å². The van der Waals surface area contributed by atoms with Crippen LogP contribution in [0.5, 0.6) is 0 Å². The number of aryl methyl sites for hydroxylation is 2. The molecule has 1 saturated heterocycles. The highest BCUT2D eigenvalue weighted by Gasteiger charge is 2.49. The minimum absolute atomic E-state index is 0.138. The van der Waals surface area contributed by atoms with Crippen LogP contribution in [-0.4, -0.2) is 45.0 Å². The second-order valence-electron chi connectivity index (χ2n) is 8.56. The molecule has 0 saturated carbocycles. The summed E-state index contributed by atoms with van der Waals surface area (Å²) in [5.74, 6) is -0.510. The summed E-state index contributed by atoms with van der Waals surface area (Å²) in [6, 6.07) is 15.3. The molecule has 6 nitrogen and oxygen atoms in total. The van der Waals surface area contributed by atoms with E-state index in [2.05, 4.69) is 10.3 Å². The molecule has 0 spiro atoms. The molecule has 2 amide bonds. The number of likely N-dealkylation sites (tertiary alicyclic amines) is 1. The van der Waals surface area contributed by atoms with E-state index in [-0.39, 0.29) is 24.8 Å². The Balaban J connectivity index is 1.46. The average Bonchev–Trinajstić information content (AvgIpc) is 3.34. The number of hydrogen-bond acceptors (Lipinski definition) is 5. The Bertz CT molecular complexity index is 1140. The number of aliphatic hydroxyl groups excluding tert-OH is 1. The molecule has 2 atom stereocenters. The monoisotopic (exact) mass is 449 g/mol. The number of aromatic nitrogens is 1. The van der Waals surface area contributed by atoms with Gasteiger partial charge >= 0.3 is 0 Å². The molecule has 2 aromatic carbocycles. The van der Waals surface area contributed by atoms with Crippen molar-refractivity contribution in [3.05, 3.63) is 76.4 Å². The molecule has 1 aliphatic heterocycles. The standard InChI is InChI=1S/C25H27N3O3S/c1-16-5-4-6-20(11-16)23(30)28-14-21(29)12-25(28,3)24(31)26-13-18-7-9-19(10-8-18)22-17(2)27-15-32-22/h4-11,15,21,29H,12-14H2,1-3H3,(H,26,31)/t21-,25?/m1/s1. The van der Waals surface area contributed by atoms with Crippen molar-refractivity contribution in [2.75, 3.05) is 6.54 Å². The van der Waals surface area contributed by atoms with Crippen molar-refractivity contribution in [2.24, 2.45) is 0 Å². The lowest BCUT2D eigenvalue weighted by Gasteiger charge is -2.33. The van der Waals surface area contributed by atoms with Crippen molar-refractivity contribution in [2.45, 2.75) is 45.4 Å². The van der Waals surface area contributed by atoms with E-state index in [1.54, 1.807) is 30.4 Å². The fourth-order valence-corrected chi connectivity index (χ4v) is 5.04. The van der Waals surface area contributed by atoms with Crippen LogP contribution in [0.2, 0.25) is 0 Å². The van der Waals surface area contributed by atoms with Crippen molar-refractivity contribution < 1.29 is 14.7 Å². The highest BCUT2D eigenvalue weighted by molar-refractivity contribution is 7.13. The smallest absolute Gasteiger partial charge is 0.254 e. The average molecular weight is 450 g/mol. The molecule has 4 rings (SSSR count).